The van der Waals surface area contributed by atoms with Gasteiger partial charge in [-0.15, -0.1) is 11.8 Å². The number of carbonyl (C=O) groups is 2. The Balaban J connectivity index is 2.21. The standard InChI is InChI=1S/C12H20N2O3S/c1-2-9-14(8(6-18-9)10(15)16)11(17)12(7-13)4-3-5-12/h8-9H,2-7,13H2,1H3,(H,15,16). The number of nitrogens with two attached hydrogens (primary N) is 1. The molecule has 102 valence electrons. The lowest BCUT2D eigenvalue weighted by Crippen LogP contribution is -2.56. The molecule has 0 spiro atoms. The van der Waals surface area contributed by atoms with Crippen molar-refractivity contribution in [1.82, 2.24) is 4.90 Å². The summed E-state index contributed by atoms with van der Waals surface area (Å²) in [7, 11) is 0. The minimum atomic E-state index is -0.904. The second-order valence-electron chi connectivity index (χ2n) is 5.10. The molecule has 2 rings (SSSR count). The average molecular weight is 272 g/mol. The summed E-state index contributed by atoms with van der Waals surface area (Å²) in [5, 5.41) is 9.23. The van der Waals surface area contributed by atoms with Crippen molar-refractivity contribution in [3.05, 3.63) is 0 Å². The van der Waals surface area contributed by atoms with Gasteiger partial charge < -0.3 is 15.7 Å². The summed E-state index contributed by atoms with van der Waals surface area (Å²) in [6.45, 7) is 2.31. The van der Waals surface area contributed by atoms with Crippen LogP contribution in [0.15, 0.2) is 0 Å². The van der Waals surface area contributed by atoms with Gasteiger partial charge in [0.05, 0.1) is 10.8 Å². The first kappa shape index (κ1) is 13.7. The van der Waals surface area contributed by atoms with E-state index in [0.717, 1.165) is 25.7 Å². The lowest BCUT2D eigenvalue weighted by molar-refractivity contribution is -0.157. The molecule has 0 radical (unpaired) electrons. The highest BCUT2D eigenvalue weighted by molar-refractivity contribution is 8.00. The largest absolute Gasteiger partial charge is 0.480 e. The van der Waals surface area contributed by atoms with E-state index in [9.17, 15) is 14.7 Å². The van der Waals surface area contributed by atoms with E-state index >= 15 is 0 Å². The second-order valence-corrected chi connectivity index (χ2v) is 6.31. The minimum Gasteiger partial charge on any atom is -0.480 e. The van der Waals surface area contributed by atoms with Crippen LogP contribution in [-0.4, -0.2) is 45.6 Å². The molecule has 0 bridgehead atoms. The quantitative estimate of drug-likeness (QED) is 0.793. The Morgan fingerprint density at radius 1 is 1.50 bits per heavy atom. The second kappa shape index (κ2) is 5.09. The fourth-order valence-electron chi connectivity index (χ4n) is 2.72. The normalized spacial score (nSPS) is 30.0. The van der Waals surface area contributed by atoms with Crippen molar-refractivity contribution in [3.63, 3.8) is 0 Å². The SMILES string of the molecule is CCC1SCC(C(=O)O)N1C(=O)C1(CN)CCC1. The molecule has 6 heteroatoms. The van der Waals surface area contributed by atoms with Gasteiger partial charge in [0.15, 0.2) is 0 Å². The molecule has 1 amide bonds. The van der Waals surface area contributed by atoms with Crippen LogP contribution in [0.25, 0.3) is 0 Å². The molecule has 1 saturated carbocycles. The van der Waals surface area contributed by atoms with E-state index in [1.165, 1.54) is 0 Å². The van der Waals surface area contributed by atoms with E-state index in [1.54, 1.807) is 16.7 Å². The van der Waals surface area contributed by atoms with E-state index in [1.807, 2.05) is 6.92 Å². The predicted molar refractivity (Wildman–Crippen MR) is 70.1 cm³/mol. The number of hydrogen-bond donors (Lipinski definition) is 2. The van der Waals surface area contributed by atoms with Crippen molar-refractivity contribution in [2.45, 2.75) is 44.0 Å². The molecule has 1 saturated heterocycles. The van der Waals surface area contributed by atoms with Gasteiger partial charge in [0.2, 0.25) is 5.91 Å². The van der Waals surface area contributed by atoms with Crippen LogP contribution in [0, 0.1) is 5.41 Å². The van der Waals surface area contributed by atoms with Crippen LogP contribution < -0.4 is 5.73 Å². The maximum Gasteiger partial charge on any atom is 0.327 e. The van der Waals surface area contributed by atoms with E-state index in [2.05, 4.69) is 0 Å². The third-order valence-electron chi connectivity index (χ3n) is 4.12. The zero-order chi connectivity index (χ0) is 13.3. The van der Waals surface area contributed by atoms with E-state index in [-0.39, 0.29) is 11.3 Å². The average Bonchev–Trinajstić information content (AvgIpc) is 2.71. The Morgan fingerprint density at radius 2 is 2.17 bits per heavy atom. The molecular formula is C12H20N2O3S. The van der Waals surface area contributed by atoms with Gasteiger partial charge in [-0.05, 0) is 19.3 Å². The third-order valence-corrected chi connectivity index (χ3v) is 5.57. The van der Waals surface area contributed by atoms with E-state index in [4.69, 9.17) is 5.73 Å². The smallest absolute Gasteiger partial charge is 0.327 e. The van der Waals surface area contributed by atoms with Crippen LogP contribution in [0.4, 0.5) is 0 Å². The van der Waals surface area contributed by atoms with Crippen LogP contribution in [-0.2, 0) is 9.59 Å². The molecule has 0 aromatic carbocycles. The lowest BCUT2D eigenvalue weighted by atomic mass is 9.67. The van der Waals surface area contributed by atoms with Crippen LogP contribution >= 0.6 is 11.8 Å². The summed E-state index contributed by atoms with van der Waals surface area (Å²) in [5.41, 5.74) is 5.26. The summed E-state index contributed by atoms with van der Waals surface area (Å²) in [6, 6.07) is -0.684. The number of rotatable bonds is 4. The lowest BCUT2D eigenvalue weighted by Gasteiger charge is -2.43. The number of thioether (sulfide) groups is 1. The molecule has 1 aliphatic heterocycles. The molecule has 2 atom stereocenters. The number of carboxylic acid groups (broad SMARTS) is 1. The van der Waals surface area contributed by atoms with E-state index in [0.29, 0.717) is 12.3 Å². The van der Waals surface area contributed by atoms with Gasteiger partial charge in [0.25, 0.3) is 0 Å². The summed E-state index contributed by atoms with van der Waals surface area (Å²) >= 11 is 1.56. The number of carbonyl (C=O) groups excluding carboxylic acids is 1. The molecule has 0 aromatic rings. The molecule has 2 unspecified atom stereocenters. The number of carboxylic acids is 1. The Morgan fingerprint density at radius 3 is 2.56 bits per heavy atom. The number of hydrogen-bond acceptors (Lipinski definition) is 4. The summed E-state index contributed by atoms with van der Waals surface area (Å²) < 4.78 is 0. The summed E-state index contributed by atoms with van der Waals surface area (Å²) in [6.07, 6.45) is 3.39. The third kappa shape index (κ3) is 2.01. The van der Waals surface area contributed by atoms with Crippen molar-refractivity contribution >= 4 is 23.6 Å². The summed E-state index contributed by atoms with van der Waals surface area (Å²) in [5.74, 6) is -0.459. The molecule has 0 aromatic heterocycles. The Kier molecular flexibility index (Phi) is 3.87. The number of amides is 1. The maximum atomic E-state index is 12.6. The van der Waals surface area contributed by atoms with Gasteiger partial charge in [-0.3, -0.25) is 4.79 Å². The highest BCUT2D eigenvalue weighted by atomic mass is 32.2. The zero-order valence-corrected chi connectivity index (χ0v) is 11.4. The molecule has 1 aliphatic carbocycles. The van der Waals surface area contributed by atoms with Gasteiger partial charge >= 0.3 is 5.97 Å². The highest BCUT2D eigenvalue weighted by Gasteiger charge is 2.51. The molecule has 3 N–H and O–H groups in total. The van der Waals surface area contributed by atoms with Gasteiger partial charge in [-0.2, -0.15) is 0 Å². The zero-order valence-electron chi connectivity index (χ0n) is 10.6. The topological polar surface area (TPSA) is 83.6 Å². The van der Waals surface area contributed by atoms with Crippen molar-refractivity contribution in [1.29, 1.82) is 0 Å². The fraction of sp³-hybridized carbons (Fsp3) is 0.833. The maximum absolute atomic E-state index is 12.6. The number of nitrogens with zero attached hydrogens (tertiary/aromatic N) is 1. The highest BCUT2D eigenvalue weighted by Crippen LogP contribution is 2.44. The van der Waals surface area contributed by atoms with Crippen LogP contribution in [0.3, 0.4) is 0 Å². The summed E-state index contributed by atoms with van der Waals surface area (Å²) in [4.78, 5) is 25.5. The van der Waals surface area contributed by atoms with Gasteiger partial charge in [0.1, 0.15) is 6.04 Å². The van der Waals surface area contributed by atoms with Crippen molar-refractivity contribution < 1.29 is 14.7 Å². The van der Waals surface area contributed by atoms with Crippen LogP contribution in [0.1, 0.15) is 32.6 Å². The molecule has 2 fully saturated rings. The van der Waals surface area contributed by atoms with Gasteiger partial charge in [0, 0.05) is 12.3 Å². The first-order chi connectivity index (χ1) is 8.55. The van der Waals surface area contributed by atoms with Gasteiger partial charge in [-0.25, -0.2) is 4.79 Å². The first-order valence-electron chi connectivity index (χ1n) is 6.43. The molecular weight excluding hydrogens is 252 g/mol. The van der Waals surface area contributed by atoms with Crippen molar-refractivity contribution in [3.8, 4) is 0 Å². The molecule has 1 heterocycles. The Labute approximate surface area is 111 Å². The Hall–Kier alpha value is -0.750. The Bertz CT molecular complexity index is 352. The molecule has 2 aliphatic rings. The van der Waals surface area contributed by atoms with Crippen molar-refractivity contribution in [2.75, 3.05) is 12.3 Å². The molecule has 18 heavy (non-hydrogen) atoms. The minimum absolute atomic E-state index is 0.0115. The molecule has 5 nitrogen and oxygen atoms in total. The van der Waals surface area contributed by atoms with Gasteiger partial charge in [-0.1, -0.05) is 13.3 Å². The predicted octanol–water partition coefficient (Wildman–Crippen LogP) is 0.880. The van der Waals surface area contributed by atoms with Crippen LogP contribution in [0.5, 0.6) is 0 Å². The fourth-order valence-corrected chi connectivity index (χ4v) is 4.07. The monoisotopic (exact) mass is 272 g/mol. The first-order valence-corrected chi connectivity index (χ1v) is 7.48. The number of aliphatic carboxylic acids is 1. The van der Waals surface area contributed by atoms with Crippen molar-refractivity contribution in [2.24, 2.45) is 11.1 Å². The van der Waals surface area contributed by atoms with E-state index < -0.39 is 17.4 Å². The van der Waals surface area contributed by atoms with Crippen LogP contribution in [0.2, 0.25) is 0 Å².